The largest absolute Gasteiger partial charge is 0.435 e. The predicted octanol–water partition coefficient (Wildman–Crippen LogP) is 4.22. The van der Waals surface area contributed by atoms with E-state index in [1.54, 1.807) is 12.1 Å². The van der Waals surface area contributed by atoms with Crippen molar-refractivity contribution in [3.8, 4) is 5.75 Å². The number of benzene rings is 2. The molecule has 0 fully saturated rings. The molecule has 3 N–H and O–H groups in total. The first kappa shape index (κ1) is 20.6. The van der Waals surface area contributed by atoms with E-state index < -0.39 is 6.61 Å². The quantitative estimate of drug-likeness (QED) is 0.536. The Morgan fingerprint density at radius 2 is 1.59 bits per heavy atom. The number of hydrazine groups is 1. The molecule has 0 unspecified atom stereocenters. The van der Waals surface area contributed by atoms with Crippen molar-refractivity contribution in [3.63, 3.8) is 0 Å². The van der Waals surface area contributed by atoms with E-state index >= 15 is 0 Å². The maximum Gasteiger partial charge on any atom is 0.387 e. The van der Waals surface area contributed by atoms with Crippen LogP contribution in [0.1, 0.15) is 36.7 Å². The molecule has 0 aliphatic carbocycles. The summed E-state index contributed by atoms with van der Waals surface area (Å²) >= 11 is 5.09. The lowest BCUT2D eigenvalue weighted by atomic mass is 9.87. The molecule has 27 heavy (non-hydrogen) atoms. The number of rotatable bonds is 4. The summed E-state index contributed by atoms with van der Waals surface area (Å²) in [6.07, 6.45) is 0. The van der Waals surface area contributed by atoms with Crippen LogP contribution < -0.4 is 20.9 Å². The number of anilines is 1. The summed E-state index contributed by atoms with van der Waals surface area (Å²) in [5.74, 6) is -0.290. The van der Waals surface area contributed by atoms with E-state index in [1.807, 2.05) is 12.1 Å². The first-order chi connectivity index (χ1) is 12.6. The molecule has 0 aliphatic rings. The van der Waals surface area contributed by atoms with Crippen LogP contribution in [0, 0.1) is 0 Å². The zero-order valence-corrected chi connectivity index (χ0v) is 16.0. The zero-order valence-electron chi connectivity index (χ0n) is 15.2. The SMILES string of the molecule is CC(C)(C)c1ccc(C(=O)NNC(=S)Nc2ccc(OC(F)F)cc2)cc1. The Hall–Kier alpha value is -2.74. The minimum absolute atomic E-state index is 0.00858. The molecule has 0 atom stereocenters. The van der Waals surface area contributed by atoms with Gasteiger partial charge in [-0.3, -0.25) is 15.6 Å². The van der Waals surface area contributed by atoms with Crippen molar-refractivity contribution in [2.45, 2.75) is 32.8 Å². The van der Waals surface area contributed by atoms with Gasteiger partial charge in [-0.15, -0.1) is 0 Å². The van der Waals surface area contributed by atoms with Crippen LogP contribution in [-0.4, -0.2) is 17.6 Å². The average molecular weight is 393 g/mol. The number of ether oxygens (including phenoxy) is 1. The number of nitrogens with one attached hydrogen (secondary N) is 3. The molecule has 8 heteroatoms. The van der Waals surface area contributed by atoms with Crippen molar-refractivity contribution in [1.29, 1.82) is 0 Å². The standard InChI is InChI=1S/C19H21F2N3O2S/c1-19(2,3)13-6-4-12(5-7-13)16(25)23-24-18(27)22-14-8-10-15(11-9-14)26-17(20)21/h4-11,17H,1-3H3,(H,23,25)(H2,22,24,27). The summed E-state index contributed by atoms with van der Waals surface area (Å²) in [5.41, 5.74) is 7.27. The molecule has 144 valence electrons. The highest BCUT2D eigenvalue weighted by Crippen LogP contribution is 2.22. The number of alkyl halides is 2. The Balaban J connectivity index is 1.85. The second-order valence-corrected chi connectivity index (χ2v) is 7.17. The maximum absolute atomic E-state index is 12.2. The van der Waals surface area contributed by atoms with Gasteiger partial charge in [0.25, 0.3) is 5.91 Å². The minimum atomic E-state index is -2.88. The van der Waals surface area contributed by atoms with Crippen molar-refractivity contribution < 1.29 is 18.3 Å². The molecule has 0 heterocycles. The third kappa shape index (κ3) is 6.49. The van der Waals surface area contributed by atoms with Gasteiger partial charge in [0.2, 0.25) is 0 Å². The van der Waals surface area contributed by atoms with Crippen molar-refractivity contribution in [2.75, 3.05) is 5.32 Å². The molecular formula is C19H21F2N3O2S. The molecule has 0 bridgehead atoms. The number of halogens is 2. The highest BCUT2D eigenvalue weighted by molar-refractivity contribution is 7.80. The average Bonchev–Trinajstić information content (AvgIpc) is 2.60. The van der Waals surface area contributed by atoms with E-state index in [0.29, 0.717) is 11.3 Å². The van der Waals surface area contributed by atoms with Crippen LogP contribution >= 0.6 is 12.2 Å². The molecule has 0 aliphatic heterocycles. The molecule has 2 aromatic rings. The van der Waals surface area contributed by atoms with Gasteiger partial charge < -0.3 is 10.1 Å². The van der Waals surface area contributed by atoms with Gasteiger partial charge in [-0.1, -0.05) is 32.9 Å². The van der Waals surface area contributed by atoms with Crippen LogP contribution in [0.25, 0.3) is 0 Å². The topological polar surface area (TPSA) is 62.4 Å². The Kier molecular flexibility index (Phi) is 6.68. The molecular weight excluding hydrogens is 372 g/mol. The number of hydrogen-bond donors (Lipinski definition) is 3. The first-order valence-corrected chi connectivity index (χ1v) is 8.59. The normalized spacial score (nSPS) is 11.0. The highest BCUT2D eigenvalue weighted by Gasteiger charge is 2.14. The van der Waals surface area contributed by atoms with E-state index in [2.05, 4.69) is 41.7 Å². The lowest BCUT2D eigenvalue weighted by Crippen LogP contribution is -2.43. The van der Waals surface area contributed by atoms with Gasteiger partial charge in [-0.25, -0.2) is 0 Å². The molecule has 0 radical (unpaired) electrons. The molecule has 0 saturated carbocycles. The molecule has 2 aromatic carbocycles. The summed E-state index contributed by atoms with van der Waals surface area (Å²) in [7, 11) is 0. The Morgan fingerprint density at radius 1 is 1.00 bits per heavy atom. The van der Waals surface area contributed by atoms with Crippen LogP contribution in [0.4, 0.5) is 14.5 Å². The zero-order chi connectivity index (χ0) is 20.0. The van der Waals surface area contributed by atoms with Crippen LogP contribution in [0.3, 0.4) is 0 Å². The number of thiocarbonyl (C=S) groups is 1. The van der Waals surface area contributed by atoms with Gasteiger partial charge in [-0.05, 0) is 59.6 Å². The van der Waals surface area contributed by atoms with Crippen molar-refractivity contribution in [2.24, 2.45) is 0 Å². The minimum Gasteiger partial charge on any atom is -0.435 e. The van der Waals surface area contributed by atoms with Crippen LogP contribution in [0.15, 0.2) is 48.5 Å². The fourth-order valence-electron chi connectivity index (χ4n) is 2.19. The number of amides is 1. The fourth-order valence-corrected chi connectivity index (χ4v) is 2.36. The monoisotopic (exact) mass is 393 g/mol. The third-order valence-electron chi connectivity index (χ3n) is 3.64. The maximum atomic E-state index is 12.2. The van der Waals surface area contributed by atoms with Gasteiger partial charge in [0, 0.05) is 11.3 Å². The second-order valence-electron chi connectivity index (χ2n) is 6.76. The Labute approximate surface area is 162 Å². The van der Waals surface area contributed by atoms with E-state index in [-0.39, 0.29) is 22.2 Å². The number of hydrogen-bond acceptors (Lipinski definition) is 3. The first-order valence-electron chi connectivity index (χ1n) is 8.18. The fraction of sp³-hybridized carbons (Fsp3) is 0.263. The van der Waals surface area contributed by atoms with Crippen LogP contribution in [-0.2, 0) is 5.41 Å². The summed E-state index contributed by atoms with van der Waals surface area (Å²) in [5, 5.41) is 2.97. The van der Waals surface area contributed by atoms with Gasteiger partial charge in [0.1, 0.15) is 5.75 Å². The van der Waals surface area contributed by atoms with Crippen molar-refractivity contribution >= 4 is 28.9 Å². The molecule has 5 nitrogen and oxygen atoms in total. The van der Waals surface area contributed by atoms with Crippen LogP contribution in [0.5, 0.6) is 5.75 Å². The van der Waals surface area contributed by atoms with Crippen LogP contribution in [0.2, 0.25) is 0 Å². The lowest BCUT2D eigenvalue weighted by molar-refractivity contribution is -0.0498. The molecule has 0 saturated heterocycles. The second kappa shape index (κ2) is 8.77. The summed E-state index contributed by atoms with van der Waals surface area (Å²) in [4.78, 5) is 12.2. The van der Waals surface area contributed by atoms with Gasteiger partial charge in [-0.2, -0.15) is 8.78 Å². The molecule has 2 rings (SSSR count). The Morgan fingerprint density at radius 3 is 2.11 bits per heavy atom. The number of carbonyl (C=O) groups is 1. The van der Waals surface area contributed by atoms with Crippen molar-refractivity contribution in [3.05, 3.63) is 59.7 Å². The smallest absolute Gasteiger partial charge is 0.387 e. The van der Waals surface area contributed by atoms with Gasteiger partial charge >= 0.3 is 6.61 Å². The molecule has 0 spiro atoms. The third-order valence-corrected chi connectivity index (χ3v) is 3.84. The molecule has 1 amide bonds. The van der Waals surface area contributed by atoms with Gasteiger partial charge in [0.05, 0.1) is 0 Å². The lowest BCUT2D eigenvalue weighted by Gasteiger charge is -2.19. The van der Waals surface area contributed by atoms with E-state index in [4.69, 9.17) is 12.2 Å². The van der Waals surface area contributed by atoms with Crippen molar-refractivity contribution in [1.82, 2.24) is 10.9 Å². The van der Waals surface area contributed by atoms with E-state index in [0.717, 1.165) is 5.56 Å². The Bertz CT molecular complexity index is 788. The summed E-state index contributed by atoms with van der Waals surface area (Å²) in [6, 6.07) is 13.1. The van der Waals surface area contributed by atoms with E-state index in [9.17, 15) is 13.6 Å². The highest BCUT2D eigenvalue weighted by atomic mass is 32.1. The predicted molar refractivity (Wildman–Crippen MR) is 105 cm³/mol. The number of carbonyl (C=O) groups excluding carboxylic acids is 1. The summed E-state index contributed by atoms with van der Waals surface area (Å²) < 4.78 is 28.5. The molecule has 0 aromatic heterocycles. The van der Waals surface area contributed by atoms with Gasteiger partial charge in [0.15, 0.2) is 5.11 Å². The summed E-state index contributed by atoms with van der Waals surface area (Å²) in [6.45, 7) is 3.42. The van der Waals surface area contributed by atoms with E-state index in [1.165, 1.54) is 24.3 Å².